The lowest BCUT2D eigenvalue weighted by Gasteiger charge is -2.23. The summed E-state index contributed by atoms with van der Waals surface area (Å²) in [4.78, 5) is 40.2. The van der Waals surface area contributed by atoms with Crippen LogP contribution in [0.1, 0.15) is 44.0 Å². The van der Waals surface area contributed by atoms with Gasteiger partial charge in [-0.1, -0.05) is 23.7 Å². The fourth-order valence-electron chi connectivity index (χ4n) is 2.92. The van der Waals surface area contributed by atoms with Gasteiger partial charge in [0.2, 0.25) is 5.91 Å². The molecular weight excluding hydrogens is 382 g/mol. The number of nitrogens with one attached hydrogen (secondary N) is 1. The van der Waals surface area contributed by atoms with Crippen LogP contribution in [0.4, 0.5) is 4.79 Å². The first kappa shape index (κ1) is 22.0. The Balaban J connectivity index is 1.81. The molecule has 3 amide bonds. The van der Waals surface area contributed by atoms with Crippen LogP contribution in [0.3, 0.4) is 0 Å². The molecule has 0 radical (unpaired) electrons. The molecule has 0 aliphatic carbocycles. The van der Waals surface area contributed by atoms with Gasteiger partial charge in [0.15, 0.2) is 0 Å². The van der Waals surface area contributed by atoms with E-state index in [4.69, 9.17) is 16.3 Å². The molecule has 1 N–H and O–H groups in total. The highest BCUT2D eigenvalue weighted by Gasteiger charge is 2.24. The van der Waals surface area contributed by atoms with Crippen LogP contribution in [0, 0.1) is 0 Å². The number of hydrogen-bond acceptors (Lipinski definition) is 4. The van der Waals surface area contributed by atoms with E-state index in [9.17, 15) is 14.4 Å². The highest BCUT2D eigenvalue weighted by atomic mass is 35.5. The molecule has 0 unspecified atom stereocenters. The number of ether oxygens (including phenoxy) is 1. The molecule has 154 valence electrons. The minimum Gasteiger partial charge on any atom is -0.444 e. The lowest BCUT2D eigenvalue weighted by Crippen LogP contribution is -2.39. The number of nitrogens with zero attached hydrogens (tertiary/aromatic N) is 2. The quantitative estimate of drug-likeness (QED) is 0.829. The van der Waals surface area contributed by atoms with Crippen molar-refractivity contribution < 1.29 is 19.1 Å². The molecule has 1 aliphatic heterocycles. The predicted molar refractivity (Wildman–Crippen MR) is 107 cm³/mol. The van der Waals surface area contributed by atoms with Gasteiger partial charge in [0.25, 0.3) is 5.91 Å². The van der Waals surface area contributed by atoms with E-state index in [0.717, 1.165) is 0 Å². The van der Waals surface area contributed by atoms with Gasteiger partial charge in [-0.2, -0.15) is 0 Å². The summed E-state index contributed by atoms with van der Waals surface area (Å²) in [5.41, 5.74) is -0.0956. The van der Waals surface area contributed by atoms with E-state index in [1.807, 2.05) is 0 Å². The Bertz CT molecular complexity index is 718. The van der Waals surface area contributed by atoms with Crippen LogP contribution in [0.15, 0.2) is 24.3 Å². The van der Waals surface area contributed by atoms with E-state index in [1.165, 1.54) is 0 Å². The molecule has 0 saturated carbocycles. The number of halogens is 1. The molecule has 1 aliphatic rings. The summed E-state index contributed by atoms with van der Waals surface area (Å²) in [6.45, 7) is 7.63. The first-order valence-electron chi connectivity index (χ1n) is 9.46. The molecule has 2 rings (SSSR count). The van der Waals surface area contributed by atoms with Gasteiger partial charge in [0, 0.05) is 39.1 Å². The Morgan fingerprint density at radius 2 is 1.71 bits per heavy atom. The lowest BCUT2D eigenvalue weighted by atomic mass is 10.2. The standard InChI is InChI=1S/C20H28ClN3O4/c1-20(2,3)28-19(27)22-10-9-17(25)23-11-6-12-24(14-13-23)18(26)15-7-4-5-8-16(15)21/h4-5,7-8H,6,9-14H2,1-3H3,(H,22,27). The van der Waals surface area contributed by atoms with Crippen LogP contribution in [0.25, 0.3) is 0 Å². The smallest absolute Gasteiger partial charge is 0.407 e. The van der Waals surface area contributed by atoms with E-state index < -0.39 is 11.7 Å². The van der Waals surface area contributed by atoms with Crippen LogP contribution in [0.2, 0.25) is 5.02 Å². The summed E-state index contributed by atoms with van der Waals surface area (Å²) in [7, 11) is 0. The van der Waals surface area contributed by atoms with Gasteiger partial charge >= 0.3 is 6.09 Å². The molecule has 1 aromatic carbocycles. The van der Waals surface area contributed by atoms with Gasteiger partial charge in [-0.05, 0) is 39.3 Å². The van der Waals surface area contributed by atoms with E-state index in [2.05, 4.69) is 5.32 Å². The van der Waals surface area contributed by atoms with E-state index in [0.29, 0.717) is 43.2 Å². The summed E-state index contributed by atoms with van der Waals surface area (Å²) in [6, 6.07) is 6.97. The molecule has 1 heterocycles. The zero-order chi connectivity index (χ0) is 20.7. The van der Waals surface area contributed by atoms with Crippen molar-refractivity contribution in [3.05, 3.63) is 34.9 Å². The maximum Gasteiger partial charge on any atom is 0.407 e. The molecule has 0 bridgehead atoms. The molecule has 0 spiro atoms. The summed E-state index contributed by atoms with van der Waals surface area (Å²) >= 11 is 6.12. The molecule has 28 heavy (non-hydrogen) atoms. The molecule has 0 atom stereocenters. The first-order valence-corrected chi connectivity index (χ1v) is 9.83. The Hall–Kier alpha value is -2.28. The third kappa shape index (κ3) is 6.71. The maximum absolute atomic E-state index is 12.7. The minimum absolute atomic E-state index is 0.0527. The van der Waals surface area contributed by atoms with E-state index in [-0.39, 0.29) is 24.8 Å². The molecular formula is C20H28ClN3O4. The van der Waals surface area contributed by atoms with Crippen LogP contribution in [-0.4, -0.2) is 66.0 Å². The zero-order valence-corrected chi connectivity index (χ0v) is 17.4. The van der Waals surface area contributed by atoms with Crippen molar-refractivity contribution in [3.63, 3.8) is 0 Å². The average Bonchev–Trinajstić information content (AvgIpc) is 2.86. The highest BCUT2D eigenvalue weighted by molar-refractivity contribution is 6.33. The fourth-order valence-corrected chi connectivity index (χ4v) is 3.14. The number of alkyl carbamates (subject to hydrolysis) is 1. The summed E-state index contributed by atoms with van der Waals surface area (Å²) in [5.74, 6) is -0.172. The minimum atomic E-state index is -0.573. The van der Waals surface area contributed by atoms with Crippen molar-refractivity contribution in [2.75, 3.05) is 32.7 Å². The van der Waals surface area contributed by atoms with E-state index >= 15 is 0 Å². The second-order valence-electron chi connectivity index (χ2n) is 7.69. The molecule has 8 heteroatoms. The monoisotopic (exact) mass is 409 g/mol. The van der Waals surface area contributed by atoms with Crippen LogP contribution in [-0.2, 0) is 9.53 Å². The second-order valence-corrected chi connectivity index (χ2v) is 8.09. The van der Waals surface area contributed by atoms with Crippen molar-refractivity contribution >= 4 is 29.5 Å². The van der Waals surface area contributed by atoms with Crippen molar-refractivity contribution in [1.29, 1.82) is 0 Å². The first-order chi connectivity index (χ1) is 13.2. The summed E-state index contributed by atoms with van der Waals surface area (Å²) in [5, 5.41) is 3.02. The van der Waals surface area contributed by atoms with Crippen LogP contribution in [0.5, 0.6) is 0 Å². The lowest BCUT2D eigenvalue weighted by molar-refractivity contribution is -0.130. The van der Waals surface area contributed by atoms with Crippen molar-refractivity contribution in [3.8, 4) is 0 Å². The van der Waals surface area contributed by atoms with Gasteiger partial charge in [-0.25, -0.2) is 4.79 Å². The fraction of sp³-hybridized carbons (Fsp3) is 0.550. The molecule has 1 fully saturated rings. The highest BCUT2D eigenvalue weighted by Crippen LogP contribution is 2.18. The van der Waals surface area contributed by atoms with Crippen molar-refractivity contribution in [2.24, 2.45) is 0 Å². The van der Waals surface area contributed by atoms with Crippen LogP contribution >= 0.6 is 11.6 Å². The SMILES string of the molecule is CC(C)(C)OC(=O)NCCC(=O)N1CCCN(C(=O)c2ccccc2Cl)CC1. The van der Waals surface area contributed by atoms with Gasteiger partial charge in [-0.3, -0.25) is 9.59 Å². The molecule has 1 saturated heterocycles. The van der Waals surface area contributed by atoms with Crippen LogP contribution < -0.4 is 5.32 Å². The van der Waals surface area contributed by atoms with Crippen molar-refractivity contribution in [1.82, 2.24) is 15.1 Å². The van der Waals surface area contributed by atoms with Gasteiger partial charge < -0.3 is 19.9 Å². The number of amides is 3. The third-order valence-corrected chi connectivity index (χ3v) is 4.58. The number of benzene rings is 1. The maximum atomic E-state index is 12.7. The normalized spacial score (nSPS) is 15.0. The molecule has 7 nitrogen and oxygen atoms in total. The summed E-state index contributed by atoms with van der Waals surface area (Å²) in [6.07, 6.45) is 0.353. The Kier molecular flexibility index (Phi) is 7.69. The predicted octanol–water partition coefficient (Wildman–Crippen LogP) is 2.93. The van der Waals surface area contributed by atoms with E-state index in [1.54, 1.807) is 54.8 Å². The number of rotatable bonds is 4. The Labute approximate surface area is 171 Å². The Morgan fingerprint density at radius 1 is 1.07 bits per heavy atom. The molecule has 0 aromatic heterocycles. The zero-order valence-electron chi connectivity index (χ0n) is 16.7. The Morgan fingerprint density at radius 3 is 2.39 bits per heavy atom. The second kappa shape index (κ2) is 9.78. The number of carbonyl (C=O) groups excluding carboxylic acids is 3. The van der Waals surface area contributed by atoms with Crippen molar-refractivity contribution in [2.45, 2.75) is 39.2 Å². The van der Waals surface area contributed by atoms with Gasteiger partial charge in [0.1, 0.15) is 5.60 Å². The average molecular weight is 410 g/mol. The summed E-state index contributed by atoms with van der Waals surface area (Å²) < 4.78 is 5.15. The number of hydrogen-bond donors (Lipinski definition) is 1. The van der Waals surface area contributed by atoms with Gasteiger partial charge in [0.05, 0.1) is 10.6 Å². The largest absolute Gasteiger partial charge is 0.444 e. The third-order valence-electron chi connectivity index (χ3n) is 4.25. The number of carbonyl (C=O) groups is 3. The molecule has 1 aromatic rings. The topological polar surface area (TPSA) is 79.0 Å². The van der Waals surface area contributed by atoms with Gasteiger partial charge in [-0.15, -0.1) is 0 Å².